The maximum Gasteiger partial charge on any atom is 0.323 e. The molecule has 30 heavy (non-hydrogen) atoms. The number of carbonyl (C=O) groups excluding carboxylic acids is 1. The molecule has 164 valence electrons. The average molecular weight is 452 g/mol. The van der Waals surface area contributed by atoms with Crippen molar-refractivity contribution in [2.75, 3.05) is 13.7 Å². The highest BCUT2D eigenvalue weighted by Crippen LogP contribution is 2.35. The number of benzene rings is 1. The van der Waals surface area contributed by atoms with Gasteiger partial charge >= 0.3 is 5.97 Å². The minimum Gasteiger partial charge on any atom is -0.493 e. The Balaban J connectivity index is 2.03. The predicted molar refractivity (Wildman–Crippen MR) is 124 cm³/mol. The summed E-state index contributed by atoms with van der Waals surface area (Å²) in [4.78, 5) is 24.8. The summed E-state index contributed by atoms with van der Waals surface area (Å²) in [6.45, 7) is 3.83. The number of methoxy groups -OCH3 is 1. The molecule has 0 aromatic heterocycles. The summed E-state index contributed by atoms with van der Waals surface area (Å²) in [5, 5.41) is 8.94. The first-order valence-electron chi connectivity index (χ1n) is 10.2. The molecule has 1 saturated heterocycles. The Morgan fingerprint density at radius 3 is 2.67 bits per heavy atom. The van der Waals surface area contributed by atoms with Crippen LogP contribution in [0.1, 0.15) is 57.9 Å². The number of aliphatic carboxylic acids is 1. The van der Waals surface area contributed by atoms with Gasteiger partial charge in [0.15, 0.2) is 11.5 Å². The number of hydrogen-bond donors (Lipinski definition) is 1. The summed E-state index contributed by atoms with van der Waals surface area (Å²) >= 11 is 6.22. The van der Waals surface area contributed by atoms with Crippen molar-refractivity contribution < 1.29 is 24.2 Å². The topological polar surface area (TPSA) is 76.1 Å². The molecule has 1 unspecified atom stereocenters. The minimum absolute atomic E-state index is 0.0821. The van der Waals surface area contributed by atoms with Crippen LogP contribution in [0.25, 0.3) is 6.08 Å². The number of carboxylic acid groups (broad SMARTS) is 1. The first-order chi connectivity index (χ1) is 14.3. The molecular weight excluding hydrogens is 422 g/mol. The fourth-order valence-electron chi connectivity index (χ4n) is 3.11. The van der Waals surface area contributed by atoms with E-state index in [0.29, 0.717) is 16.4 Å². The number of carboxylic acids is 1. The second-order valence-electron chi connectivity index (χ2n) is 7.20. The maximum atomic E-state index is 12.4. The molecule has 1 aliphatic heterocycles. The van der Waals surface area contributed by atoms with Gasteiger partial charge in [0, 0.05) is 0 Å². The number of thioether (sulfide) groups is 1. The van der Waals surface area contributed by atoms with E-state index in [-0.39, 0.29) is 10.4 Å². The largest absolute Gasteiger partial charge is 0.493 e. The van der Waals surface area contributed by atoms with E-state index in [1.54, 1.807) is 19.3 Å². The monoisotopic (exact) mass is 451 g/mol. The van der Waals surface area contributed by atoms with Crippen LogP contribution in [0.3, 0.4) is 0 Å². The lowest BCUT2D eigenvalue weighted by Gasteiger charge is -2.17. The van der Waals surface area contributed by atoms with Crippen LogP contribution in [0.4, 0.5) is 0 Å². The molecule has 1 N–H and O–H groups in total. The highest BCUT2D eigenvalue weighted by atomic mass is 32.2. The molecule has 1 aliphatic rings. The van der Waals surface area contributed by atoms with Crippen molar-refractivity contribution in [3.05, 3.63) is 28.7 Å². The fourth-order valence-corrected chi connectivity index (χ4v) is 4.36. The zero-order valence-corrected chi connectivity index (χ0v) is 19.3. The first kappa shape index (κ1) is 24.2. The molecule has 1 aromatic carbocycles. The number of thiocarbonyl (C=S) groups is 1. The Bertz CT molecular complexity index is 809. The summed E-state index contributed by atoms with van der Waals surface area (Å²) in [6, 6.07) is 5.47. The molecule has 1 heterocycles. The lowest BCUT2D eigenvalue weighted by Crippen LogP contribution is -2.33. The summed E-state index contributed by atoms with van der Waals surface area (Å²) < 4.78 is 11.8. The van der Waals surface area contributed by atoms with Crippen molar-refractivity contribution in [3.8, 4) is 11.5 Å². The Kier molecular flexibility index (Phi) is 9.65. The van der Waals surface area contributed by atoms with Crippen molar-refractivity contribution in [1.29, 1.82) is 0 Å². The predicted octanol–water partition coefficient (Wildman–Crippen LogP) is 5.11. The molecule has 0 bridgehead atoms. The summed E-state index contributed by atoms with van der Waals surface area (Å²) in [6.07, 6.45) is 8.89. The number of unbranched alkanes of at least 4 members (excludes halogenated alkanes) is 4. The Morgan fingerprint density at radius 1 is 1.27 bits per heavy atom. The molecule has 6 nitrogen and oxygen atoms in total. The van der Waals surface area contributed by atoms with Crippen LogP contribution in [0.15, 0.2) is 23.1 Å². The number of nitrogens with zero attached hydrogens (tertiary/aromatic N) is 1. The van der Waals surface area contributed by atoms with Crippen molar-refractivity contribution >= 4 is 46.3 Å². The van der Waals surface area contributed by atoms with Gasteiger partial charge in [0.05, 0.1) is 18.1 Å². The summed E-state index contributed by atoms with van der Waals surface area (Å²) in [5.41, 5.74) is 0.752. The fraction of sp³-hybridized carbons (Fsp3) is 0.500. The Labute approximate surface area is 187 Å². The van der Waals surface area contributed by atoms with Gasteiger partial charge in [-0.1, -0.05) is 62.7 Å². The van der Waals surface area contributed by atoms with E-state index in [2.05, 4.69) is 13.8 Å². The van der Waals surface area contributed by atoms with E-state index >= 15 is 0 Å². The van der Waals surface area contributed by atoms with E-state index in [1.807, 2.05) is 12.1 Å². The van der Waals surface area contributed by atoms with Crippen LogP contribution in [0.2, 0.25) is 0 Å². The molecule has 1 fully saturated rings. The van der Waals surface area contributed by atoms with E-state index in [4.69, 9.17) is 26.8 Å². The third-order valence-corrected chi connectivity index (χ3v) is 6.07. The first-order valence-corrected chi connectivity index (χ1v) is 11.4. The lowest BCUT2D eigenvalue weighted by molar-refractivity contribution is -0.140. The molecule has 0 saturated carbocycles. The number of ether oxygens (including phenoxy) is 2. The quantitative estimate of drug-likeness (QED) is 0.269. The SMILES string of the molecule is CCCCCCCC(C)Oc1ccc(C=C2SC(=S)N(CC(=O)O)C2=O)cc1OC. The number of rotatable bonds is 12. The Hall–Kier alpha value is -2.06. The molecule has 0 aliphatic carbocycles. The molecule has 1 atom stereocenters. The van der Waals surface area contributed by atoms with Crippen molar-refractivity contribution in [2.24, 2.45) is 0 Å². The second-order valence-corrected chi connectivity index (χ2v) is 8.88. The molecule has 1 amide bonds. The van der Waals surface area contributed by atoms with Crippen molar-refractivity contribution in [2.45, 2.75) is 58.5 Å². The number of amides is 1. The van der Waals surface area contributed by atoms with Crippen LogP contribution < -0.4 is 9.47 Å². The molecule has 0 spiro atoms. The van der Waals surface area contributed by atoms with E-state index in [9.17, 15) is 9.59 Å². The molecule has 2 rings (SSSR count). The van der Waals surface area contributed by atoms with Gasteiger partial charge in [0.2, 0.25) is 0 Å². The van der Waals surface area contributed by atoms with Gasteiger partial charge in [-0.3, -0.25) is 14.5 Å². The highest BCUT2D eigenvalue weighted by molar-refractivity contribution is 8.26. The normalized spacial score (nSPS) is 16.2. The van der Waals surface area contributed by atoms with Crippen molar-refractivity contribution in [1.82, 2.24) is 4.90 Å². The van der Waals surface area contributed by atoms with E-state index in [0.717, 1.165) is 35.1 Å². The van der Waals surface area contributed by atoms with Gasteiger partial charge in [-0.2, -0.15) is 0 Å². The van der Waals surface area contributed by atoms with E-state index in [1.165, 1.54) is 25.7 Å². The Morgan fingerprint density at radius 2 is 2.00 bits per heavy atom. The van der Waals surface area contributed by atoms with E-state index < -0.39 is 18.4 Å². The summed E-state index contributed by atoms with van der Waals surface area (Å²) in [7, 11) is 1.58. The second kappa shape index (κ2) is 12.0. The maximum absolute atomic E-state index is 12.4. The zero-order chi connectivity index (χ0) is 22.1. The lowest BCUT2D eigenvalue weighted by atomic mass is 10.1. The van der Waals surface area contributed by atoms with Gasteiger partial charge in [0.25, 0.3) is 5.91 Å². The van der Waals surface area contributed by atoms with Crippen molar-refractivity contribution in [3.63, 3.8) is 0 Å². The smallest absolute Gasteiger partial charge is 0.323 e. The number of hydrogen-bond acceptors (Lipinski definition) is 6. The molecule has 1 aromatic rings. The standard InChI is InChI=1S/C22H29NO5S2/c1-4-5-6-7-8-9-15(2)28-17-11-10-16(12-18(17)27-3)13-19-21(26)23(14-20(24)25)22(29)30-19/h10-13,15H,4-9,14H2,1-3H3,(H,24,25). The van der Waals surface area contributed by atoms with Crippen LogP contribution in [-0.4, -0.2) is 46.0 Å². The highest BCUT2D eigenvalue weighted by Gasteiger charge is 2.33. The minimum atomic E-state index is -1.10. The van der Waals surface area contributed by atoms with Crippen LogP contribution >= 0.6 is 24.0 Å². The third kappa shape index (κ3) is 7.02. The average Bonchev–Trinajstić information content (AvgIpc) is 2.96. The van der Waals surface area contributed by atoms with Crippen LogP contribution in [0, 0.1) is 0 Å². The number of carbonyl (C=O) groups is 2. The van der Waals surface area contributed by atoms with Gasteiger partial charge in [0.1, 0.15) is 10.9 Å². The molecule has 8 heteroatoms. The van der Waals surface area contributed by atoms with Crippen LogP contribution in [-0.2, 0) is 9.59 Å². The van der Waals surface area contributed by atoms with Gasteiger partial charge < -0.3 is 14.6 Å². The summed E-state index contributed by atoms with van der Waals surface area (Å²) in [5.74, 6) is -0.254. The van der Waals surface area contributed by atoms with Gasteiger partial charge in [-0.05, 0) is 43.5 Å². The third-order valence-electron chi connectivity index (χ3n) is 4.69. The van der Waals surface area contributed by atoms with Gasteiger partial charge in [-0.25, -0.2) is 0 Å². The molecule has 0 radical (unpaired) electrons. The van der Waals surface area contributed by atoms with Gasteiger partial charge in [-0.15, -0.1) is 0 Å². The zero-order valence-electron chi connectivity index (χ0n) is 17.7. The molecular formula is C22H29NO5S2. The van der Waals surface area contributed by atoms with Crippen LogP contribution in [0.5, 0.6) is 11.5 Å².